The molecule has 0 aliphatic rings. The van der Waals surface area contributed by atoms with Crippen molar-refractivity contribution in [1.82, 2.24) is 10.3 Å². The number of aliphatic hydroxyl groups excluding tert-OH is 1. The van der Waals surface area contributed by atoms with E-state index < -0.39 is 6.10 Å². The molecule has 0 aliphatic carbocycles. The third-order valence-corrected chi connectivity index (χ3v) is 2.88. The Balaban J connectivity index is 0.00000242. The van der Waals surface area contributed by atoms with Gasteiger partial charge in [-0.05, 0) is 39.0 Å². The lowest BCUT2D eigenvalue weighted by Crippen LogP contribution is -2.38. The molecular weight excluding hydrogens is 296 g/mol. The quantitative estimate of drug-likeness (QED) is 0.886. The number of aliphatic hydroxyl groups is 1. The van der Waals surface area contributed by atoms with E-state index in [1.54, 1.807) is 12.1 Å². The summed E-state index contributed by atoms with van der Waals surface area (Å²) in [6, 6.07) is 14.9. The molecule has 22 heavy (non-hydrogen) atoms. The van der Waals surface area contributed by atoms with Crippen molar-refractivity contribution >= 4 is 13.5 Å². The molecule has 120 valence electrons. The average molecular weight is 320 g/mol. The number of hydrogen-bond acceptors (Lipinski definition) is 4. The molecule has 0 saturated carbocycles. The topological polar surface area (TPSA) is 54.4 Å². The summed E-state index contributed by atoms with van der Waals surface area (Å²) in [6.07, 6.45) is -0.663. The van der Waals surface area contributed by atoms with Gasteiger partial charge in [-0.1, -0.05) is 24.3 Å². The van der Waals surface area contributed by atoms with Crippen molar-refractivity contribution in [3.05, 3.63) is 54.2 Å². The number of nitrogens with zero attached hydrogens (tertiary/aromatic N) is 1. The number of β-amino-alcohol motifs (C(OH)–C–C–N with tert-alkyl or cyclic N) is 1. The molecule has 0 bridgehead atoms. The lowest BCUT2D eigenvalue weighted by atomic mass is 10.1. The molecule has 2 N–H and O–H groups in total. The Kier molecular flexibility index (Phi) is 6.87. The van der Waals surface area contributed by atoms with Gasteiger partial charge in [0.25, 0.3) is 0 Å². The fourth-order valence-electron chi connectivity index (χ4n) is 1.79. The first-order valence-electron chi connectivity index (χ1n) is 7.07. The normalized spacial score (nSPS) is 12.4. The van der Waals surface area contributed by atoms with Crippen LogP contribution in [0.2, 0.25) is 0 Å². The van der Waals surface area contributed by atoms with Crippen LogP contribution in [0, 0.1) is 0 Å². The van der Waals surface area contributed by atoms with Crippen LogP contribution in [0.3, 0.4) is 0 Å². The SMILES string of the molecule is CC(C)(C)NC[C@H](O)c1cccc(Oc2ccccc2)n1.S. The van der Waals surface area contributed by atoms with Gasteiger partial charge in [-0.15, -0.1) is 0 Å². The number of nitrogens with one attached hydrogen (secondary N) is 1. The first kappa shape index (κ1) is 18.5. The van der Waals surface area contributed by atoms with Gasteiger partial charge in [0.05, 0.1) is 5.69 Å². The highest BCUT2D eigenvalue weighted by Crippen LogP contribution is 2.20. The van der Waals surface area contributed by atoms with E-state index in [9.17, 15) is 5.11 Å². The number of pyridine rings is 1. The molecule has 0 aliphatic heterocycles. The zero-order valence-corrected chi connectivity index (χ0v) is 14.2. The molecule has 0 fully saturated rings. The minimum absolute atomic E-state index is 0. The maximum Gasteiger partial charge on any atom is 0.219 e. The van der Waals surface area contributed by atoms with E-state index in [1.165, 1.54) is 0 Å². The third-order valence-electron chi connectivity index (χ3n) is 2.88. The van der Waals surface area contributed by atoms with Gasteiger partial charge in [-0.25, -0.2) is 4.98 Å². The van der Waals surface area contributed by atoms with Gasteiger partial charge < -0.3 is 15.2 Å². The number of ether oxygens (including phenoxy) is 1. The molecule has 1 aromatic heterocycles. The molecule has 2 aromatic rings. The molecule has 0 amide bonds. The van der Waals surface area contributed by atoms with E-state index in [2.05, 4.69) is 31.1 Å². The van der Waals surface area contributed by atoms with Crippen LogP contribution >= 0.6 is 13.5 Å². The Morgan fingerprint density at radius 2 is 1.77 bits per heavy atom. The van der Waals surface area contributed by atoms with E-state index >= 15 is 0 Å². The van der Waals surface area contributed by atoms with Gasteiger partial charge in [0, 0.05) is 18.2 Å². The summed E-state index contributed by atoms with van der Waals surface area (Å²) < 4.78 is 5.67. The zero-order valence-electron chi connectivity index (χ0n) is 13.2. The van der Waals surface area contributed by atoms with Gasteiger partial charge in [-0.2, -0.15) is 13.5 Å². The molecular formula is C17H24N2O2S. The number of benzene rings is 1. The van der Waals surface area contributed by atoms with Crippen molar-refractivity contribution in [3.63, 3.8) is 0 Å². The Morgan fingerprint density at radius 3 is 2.41 bits per heavy atom. The molecule has 1 heterocycles. The van der Waals surface area contributed by atoms with Crippen LogP contribution in [0.5, 0.6) is 11.6 Å². The highest BCUT2D eigenvalue weighted by molar-refractivity contribution is 7.59. The van der Waals surface area contributed by atoms with Crippen LogP contribution < -0.4 is 10.1 Å². The van der Waals surface area contributed by atoms with Crippen molar-refractivity contribution in [3.8, 4) is 11.6 Å². The van der Waals surface area contributed by atoms with Crippen LogP contribution in [-0.2, 0) is 0 Å². The second kappa shape index (κ2) is 8.17. The molecule has 1 atom stereocenters. The molecule has 0 spiro atoms. The predicted molar refractivity (Wildman–Crippen MR) is 93.8 cm³/mol. The summed E-state index contributed by atoms with van der Waals surface area (Å²) in [5, 5.41) is 13.5. The molecule has 0 radical (unpaired) electrons. The van der Waals surface area contributed by atoms with Crippen LogP contribution in [0.4, 0.5) is 0 Å². The van der Waals surface area contributed by atoms with Gasteiger partial charge in [0.15, 0.2) is 0 Å². The molecule has 5 heteroatoms. The molecule has 2 rings (SSSR count). The standard InChI is InChI=1S/C17H22N2O2.H2S/c1-17(2,3)18-12-15(20)14-10-7-11-16(19-14)21-13-8-5-4-6-9-13;/h4-11,15,18,20H,12H2,1-3H3;1H2/t15-;/m0./s1. The maximum atomic E-state index is 10.2. The summed E-state index contributed by atoms with van der Waals surface area (Å²) >= 11 is 0. The summed E-state index contributed by atoms with van der Waals surface area (Å²) in [4.78, 5) is 4.36. The monoisotopic (exact) mass is 320 g/mol. The van der Waals surface area contributed by atoms with Crippen molar-refractivity contribution in [2.24, 2.45) is 0 Å². The van der Waals surface area contributed by atoms with Gasteiger partial charge in [0.2, 0.25) is 5.88 Å². The number of aromatic nitrogens is 1. The summed E-state index contributed by atoms with van der Waals surface area (Å²) in [5.74, 6) is 1.21. The van der Waals surface area contributed by atoms with Crippen LogP contribution in [0.1, 0.15) is 32.6 Å². The zero-order chi connectivity index (χ0) is 15.3. The fraction of sp³-hybridized carbons (Fsp3) is 0.353. The Hall–Kier alpha value is -1.56. The number of para-hydroxylation sites is 1. The van der Waals surface area contributed by atoms with Gasteiger partial charge in [-0.3, -0.25) is 0 Å². The third kappa shape index (κ3) is 6.05. The van der Waals surface area contributed by atoms with E-state index in [-0.39, 0.29) is 19.0 Å². The average Bonchev–Trinajstić information content (AvgIpc) is 2.45. The lowest BCUT2D eigenvalue weighted by molar-refractivity contribution is 0.158. The smallest absolute Gasteiger partial charge is 0.219 e. The molecule has 0 unspecified atom stereocenters. The van der Waals surface area contributed by atoms with Gasteiger partial charge >= 0.3 is 0 Å². The first-order valence-corrected chi connectivity index (χ1v) is 7.07. The molecule has 0 saturated heterocycles. The highest BCUT2D eigenvalue weighted by Gasteiger charge is 2.15. The summed E-state index contributed by atoms with van der Waals surface area (Å²) in [6.45, 7) is 6.62. The second-order valence-corrected chi connectivity index (χ2v) is 5.96. The Labute approximate surface area is 139 Å². The van der Waals surface area contributed by atoms with Gasteiger partial charge in [0.1, 0.15) is 11.9 Å². The maximum absolute atomic E-state index is 10.2. The summed E-state index contributed by atoms with van der Waals surface area (Å²) in [5.41, 5.74) is 0.555. The van der Waals surface area contributed by atoms with E-state index in [0.29, 0.717) is 18.1 Å². The first-order chi connectivity index (χ1) is 9.94. The highest BCUT2D eigenvalue weighted by atomic mass is 32.1. The van der Waals surface area contributed by atoms with Crippen molar-refractivity contribution in [1.29, 1.82) is 0 Å². The van der Waals surface area contributed by atoms with Crippen molar-refractivity contribution < 1.29 is 9.84 Å². The van der Waals surface area contributed by atoms with Crippen LogP contribution in [0.15, 0.2) is 48.5 Å². The van der Waals surface area contributed by atoms with Crippen molar-refractivity contribution in [2.75, 3.05) is 6.54 Å². The fourth-order valence-corrected chi connectivity index (χ4v) is 1.79. The van der Waals surface area contributed by atoms with Crippen molar-refractivity contribution in [2.45, 2.75) is 32.4 Å². The van der Waals surface area contributed by atoms with E-state index in [0.717, 1.165) is 5.75 Å². The Morgan fingerprint density at radius 1 is 1.09 bits per heavy atom. The molecule has 4 nitrogen and oxygen atoms in total. The van der Waals surface area contributed by atoms with Crippen LogP contribution in [-0.4, -0.2) is 22.2 Å². The molecule has 1 aromatic carbocycles. The lowest BCUT2D eigenvalue weighted by Gasteiger charge is -2.22. The number of rotatable bonds is 5. The van der Waals surface area contributed by atoms with E-state index in [4.69, 9.17) is 4.74 Å². The Bertz CT molecular complexity index is 570. The predicted octanol–water partition coefficient (Wildman–Crippen LogP) is 3.41. The second-order valence-electron chi connectivity index (χ2n) is 5.96. The van der Waals surface area contributed by atoms with E-state index in [1.807, 2.05) is 36.4 Å². The minimum atomic E-state index is -0.663. The van der Waals surface area contributed by atoms with Crippen LogP contribution in [0.25, 0.3) is 0 Å². The minimum Gasteiger partial charge on any atom is -0.439 e. The number of hydrogen-bond donors (Lipinski definition) is 2. The summed E-state index contributed by atoms with van der Waals surface area (Å²) in [7, 11) is 0. The largest absolute Gasteiger partial charge is 0.439 e.